The summed E-state index contributed by atoms with van der Waals surface area (Å²) in [6.45, 7) is 3.36. The molecule has 6 rings (SSSR count). The second kappa shape index (κ2) is 7.68. The first-order valence-corrected chi connectivity index (χ1v) is 11.2. The molecule has 2 aliphatic rings. The number of benzene rings is 1. The zero-order valence-electron chi connectivity index (χ0n) is 18.9. The number of aromatic nitrogens is 5. The third-order valence-electron chi connectivity index (χ3n) is 6.51. The monoisotopic (exact) mass is 456 g/mol. The van der Waals surface area contributed by atoms with Gasteiger partial charge in [0.05, 0.1) is 11.9 Å². The lowest BCUT2D eigenvalue weighted by Gasteiger charge is -2.21. The number of rotatable bonds is 4. The van der Waals surface area contributed by atoms with Gasteiger partial charge in [-0.05, 0) is 54.2 Å². The van der Waals surface area contributed by atoms with Crippen LogP contribution in [0.15, 0.2) is 36.8 Å². The standard InChI is InChI=1S/C24H24N8O2/c1-12-18(10-27-24-21(12)26-3-4-34-24)13-5-14-7-20(30-31-22(14)19(25)6-13)29-23(33)17-8-16(17)15-9-28-32(2)11-15/h5-7,9-11,16-17,26H,3-4,8,25H2,1-2H3,(H,29,30,33)/t16-,17?/m0/s1. The summed E-state index contributed by atoms with van der Waals surface area (Å²) in [5.41, 5.74) is 12.3. The van der Waals surface area contributed by atoms with E-state index in [0.29, 0.717) is 29.5 Å². The van der Waals surface area contributed by atoms with Crippen molar-refractivity contribution in [3.63, 3.8) is 0 Å². The molecule has 1 unspecified atom stereocenters. The van der Waals surface area contributed by atoms with E-state index >= 15 is 0 Å². The molecule has 172 valence electrons. The van der Waals surface area contributed by atoms with Crippen LogP contribution >= 0.6 is 0 Å². The van der Waals surface area contributed by atoms with Gasteiger partial charge in [0.25, 0.3) is 0 Å². The van der Waals surface area contributed by atoms with Crippen molar-refractivity contribution in [1.82, 2.24) is 25.0 Å². The summed E-state index contributed by atoms with van der Waals surface area (Å²) in [5.74, 6) is 1.06. The zero-order chi connectivity index (χ0) is 23.4. The highest BCUT2D eigenvalue weighted by atomic mass is 16.5. The summed E-state index contributed by atoms with van der Waals surface area (Å²) in [4.78, 5) is 17.2. The molecule has 10 heteroatoms. The predicted octanol–water partition coefficient (Wildman–Crippen LogP) is 2.86. The molecule has 0 bridgehead atoms. The molecule has 1 amide bonds. The van der Waals surface area contributed by atoms with Gasteiger partial charge in [-0.25, -0.2) is 4.98 Å². The lowest BCUT2D eigenvalue weighted by molar-refractivity contribution is -0.117. The van der Waals surface area contributed by atoms with Crippen molar-refractivity contribution in [1.29, 1.82) is 0 Å². The molecule has 4 heterocycles. The maximum atomic E-state index is 12.8. The summed E-state index contributed by atoms with van der Waals surface area (Å²) in [6, 6.07) is 5.67. The van der Waals surface area contributed by atoms with Gasteiger partial charge in [0, 0.05) is 42.9 Å². The molecule has 0 spiro atoms. The minimum atomic E-state index is -0.0861. The second-order valence-corrected chi connectivity index (χ2v) is 8.87. The molecular weight excluding hydrogens is 432 g/mol. The van der Waals surface area contributed by atoms with E-state index in [1.54, 1.807) is 10.9 Å². The number of nitrogen functional groups attached to an aromatic ring is 1. The number of hydrogen-bond donors (Lipinski definition) is 3. The second-order valence-electron chi connectivity index (χ2n) is 8.87. The average molecular weight is 457 g/mol. The molecule has 34 heavy (non-hydrogen) atoms. The van der Waals surface area contributed by atoms with Gasteiger partial charge in [0.15, 0.2) is 5.82 Å². The first-order valence-electron chi connectivity index (χ1n) is 11.2. The lowest BCUT2D eigenvalue weighted by atomic mass is 9.99. The van der Waals surface area contributed by atoms with Crippen molar-refractivity contribution < 1.29 is 9.53 Å². The Morgan fingerprint density at radius 1 is 1.26 bits per heavy atom. The van der Waals surface area contributed by atoms with Crippen molar-refractivity contribution in [2.75, 3.05) is 29.5 Å². The first-order chi connectivity index (χ1) is 16.5. The Hall–Kier alpha value is -4.21. The number of nitrogens with two attached hydrogens (primary N) is 1. The summed E-state index contributed by atoms with van der Waals surface area (Å²) in [6.07, 6.45) is 6.37. The number of amides is 1. The van der Waals surface area contributed by atoms with Gasteiger partial charge >= 0.3 is 0 Å². The molecular formula is C24H24N8O2. The Morgan fingerprint density at radius 3 is 2.97 bits per heavy atom. The van der Waals surface area contributed by atoms with Crippen molar-refractivity contribution in [2.24, 2.45) is 13.0 Å². The number of pyridine rings is 1. The molecule has 1 fully saturated rings. The third-order valence-corrected chi connectivity index (χ3v) is 6.51. The van der Waals surface area contributed by atoms with E-state index in [2.05, 4.69) is 30.9 Å². The maximum Gasteiger partial charge on any atom is 0.237 e. The van der Waals surface area contributed by atoms with E-state index < -0.39 is 0 Å². The number of nitrogens with one attached hydrogen (secondary N) is 2. The number of ether oxygens (including phenoxy) is 1. The zero-order valence-corrected chi connectivity index (χ0v) is 18.9. The smallest absolute Gasteiger partial charge is 0.237 e. The van der Waals surface area contributed by atoms with Crippen LogP contribution in [0.4, 0.5) is 17.2 Å². The molecule has 1 saturated carbocycles. The molecule has 4 aromatic rings. The fourth-order valence-electron chi connectivity index (χ4n) is 4.62. The van der Waals surface area contributed by atoms with E-state index in [0.717, 1.165) is 46.3 Å². The fraction of sp³-hybridized carbons (Fsp3) is 0.292. The Morgan fingerprint density at radius 2 is 2.15 bits per heavy atom. The van der Waals surface area contributed by atoms with Gasteiger partial charge < -0.3 is 21.1 Å². The molecule has 1 aromatic carbocycles. The van der Waals surface area contributed by atoms with Crippen LogP contribution in [0.25, 0.3) is 22.0 Å². The van der Waals surface area contributed by atoms with Gasteiger partial charge in [0.2, 0.25) is 11.8 Å². The van der Waals surface area contributed by atoms with Gasteiger partial charge in [-0.1, -0.05) is 0 Å². The average Bonchev–Trinajstić information content (AvgIpc) is 3.52. The molecule has 3 aromatic heterocycles. The highest BCUT2D eigenvalue weighted by Gasteiger charge is 2.44. The van der Waals surface area contributed by atoms with Crippen LogP contribution in [0.5, 0.6) is 5.88 Å². The van der Waals surface area contributed by atoms with Crippen LogP contribution in [-0.4, -0.2) is 44.0 Å². The van der Waals surface area contributed by atoms with Crippen LogP contribution in [0, 0.1) is 12.8 Å². The molecule has 1 aliphatic carbocycles. The molecule has 0 saturated heterocycles. The van der Waals surface area contributed by atoms with E-state index in [-0.39, 0.29) is 17.7 Å². The van der Waals surface area contributed by atoms with E-state index in [1.807, 2.05) is 44.6 Å². The number of nitrogens with zero attached hydrogens (tertiary/aromatic N) is 5. The quantitative estimate of drug-likeness (QED) is 0.399. The first kappa shape index (κ1) is 20.4. The van der Waals surface area contributed by atoms with E-state index in [4.69, 9.17) is 10.5 Å². The third kappa shape index (κ3) is 3.47. The largest absolute Gasteiger partial charge is 0.474 e. The Labute approximate surface area is 195 Å². The Balaban J connectivity index is 1.28. The SMILES string of the molecule is Cc1c(-c2cc(N)c3nnc(NC(=O)C4C[C@H]4c4cnn(C)c4)cc3c2)cnc2c1NCCO2. The van der Waals surface area contributed by atoms with Crippen LogP contribution in [0.1, 0.15) is 23.5 Å². The highest BCUT2D eigenvalue weighted by Crippen LogP contribution is 2.47. The van der Waals surface area contributed by atoms with E-state index in [9.17, 15) is 4.79 Å². The van der Waals surface area contributed by atoms with Crippen molar-refractivity contribution in [3.05, 3.63) is 47.9 Å². The summed E-state index contributed by atoms with van der Waals surface area (Å²) in [5, 5.41) is 19.7. The molecule has 4 N–H and O–H groups in total. The summed E-state index contributed by atoms with van der Waals surface area (Å²) in [7, 11) is 1.87. The van der Waals surface area contributed by atoms with Gasteiger partial charge in [-0.15, -0.1) is 10.2 Å². The number of anilines is 3. The summed E-state index contributed by atoms with van der Waals surface area (Å²) >= 11 is 0. The number of hydrogen-bond acceptors (Lipinski definition) is 8. The number of carbonyl (C=O) groups is 1. The van der Waals surface area contributed by atoms with Crippen LogP contribution in [-0.2, 0) is 11.8 Å². The van der Waals surface area contributed by atoms with Crippen molar-refractivity contribution in [3.8, 4) is 17.0 Å². The molecule has 10 nitrogen and oxygen atoms in total. The Bertz CT molecular complexity index is 1450. The summed E-state index contributed by atoms with van der Waals surface area (Å²) < 4.78 is 7.39. The maximum absolute atomic E-state index is 12.8. The minimum absolute atomic E-state index is 0.0626. The number of fused-ring (bicyclic) bond motifs is 2. The van der Waals surface area contributed by atoms with Gasteiger partial charge in [-0.2, -0.15) is 5.10 Å². The van der Waals surface area contributed by atoms with Gasteiger partial charge in [0.1, 0.15) is 17.8 Å². The van der Waals surface area contributed by atoms with Gasteiger partial charge in [-0.3, -0.25) is 9.48 Å². The van der Waals surface area contributed by atoms with Crippen molar-refractivity contribution >= 4 is 34.0 Å². The molecule has 2 atom stereocenters. The molecule has 1 aliphatic heterocycles. The predicted molar refractivity (Wildman–Crippen MR) is 129 cm³/mol. The van der Waals surface area contributed by atoms with Crippen LogP contribution in [0.2, 0.25) is 0 Å². The van der Waals surface area contributed by atoms with Crippen molar-refractivity contribution in [2.45, 2.75) is 19.3 Å². The number of carbonyl (C=O) groups excluding carboxylic acids is 1. The fourth-order valence-corrected chi connectivity index (χ4v) is 4.62. The number of aryl methyl sites for hydroxylation is 1. The molecule has 0 radical (unpaired) electrons. The van der Waals surface area contributed by atoms with Crippen LogP contribution in [0.3, 0.4) is 0 Å². The van der Waals surface area contributed by atoms with Crippen LogP contribution < -0.4 is 21.1 Å². The lowest BCUT2D eigenvalue weighted by Crippen LogP contribution is -2.20. The normalized spacial score (nSPS) is 18.6. The Kier molecular flexibility index (Phi) is 4.61. The topological polar surface area (TPSA) is 133 Å². The minimum Gasteiger partial charge on any atom is -0.474 e. The highest BCUT2D eigenvalue weighted by molar-refractivity contribution is 5.98. The van der Waals surface area contributed by atoms with E-state index in [1.165, 1.54) is 0 Å².